The summed E-state index contributed by atoms with van der Waals surface area (Å²) in [5.41, 5.74) is 3.27. The Morgan fingerprint density at radius 1 is 1.10 bits per heavy atom. The Morgan fingerprint density at radius 3 is 2.60 bits per heavy atom. The molecule has 0 bridgehead atoms. The lowest BCUT2D eigenvalue weighted by atomic mass is 10.1. The van der Waals surface area contributed by atoms with Crippen molar-refractivity contribution in [2.24, 2.45) is 4.99 Å². The molecule has 0 N–H and O–H groups in total. The first kappa shape index (κ1) is 20.6. The molecule has 2 aromatic carbocycles. The smallest absolute Gasteiger partial charge is 0.269 e. The van der Waals surface area contributed by atoms with E-state index in [0.29, 0.717) is 28.3 Å². The Kier molecular flexibility index (Phi) is 5.66. The topological polar surface area (TPSA) is 56.0 Å². The highest BCUT2D eigenvalue weighted by Gasteiger charge is 2.53. The number of nitrogens with zero attached hydrogens (tertiary/aromatic N) is 4. The molecular formula is C22H22ClN4O2S+. The van der Waals surface area contributed by atoms with Gasteiger partial charge in [-0.15, -0.1) is 0 Å². The summed E-state index contributed by atoms with van der Waals surface area (Å²) in [5, 5.41) is 1.34. The second-order valence-corrected chi connectivity index (χ2v) is 8.74. The van der Waals surface area contributed by atoms with Crippen LogP contribution in [0.5, 0.6) is 0 Å². The fourth-order valence-electron chi connectivity index (χ4n) is 3.61. The molecule has 8 heteroatoms. The standard InChI is InChI=1S/C22H22ClN4O2S/c1-14-7-6-8-15(11-14)13-30-21-24-19-18(20(28)26(3)22(29)25(19)2)27(21)12-16-9-4-5-10-17(16)23/h4-11,18H,12-13H2,1-3H3/q+1. The number of thioether (sulfide) groups is 1. The normalized spacial score (nSPS) is 18.8. The first-order chi connectivity index (χ1) is 14.4. The fourth-order valence-corrected chi connectivity index (χ4v) is 4.77. The number of hydrogen-bond donors (Lipinski definition) is 0. The van der Waals surface area contributed by atoms with Crippen LogP contribution in [0.4, 0.5) is 4.79 Å². The maximum atomic E-state index is 13.0. The van der Waals surface area contributed by atoms with Crippen molar-refractivity contribution in [3.8, 4) is 0 Å². The molecule has 1 atom stereocenters. The van der Waals surface area contributed by atoms with E-state index < -0.39 is 6.04 Å². The van der Waals surface area contributed by atoms with Crippen molar-refractivity contribution in [2.45, 2.75) is 25.3 Å². The van der Waals surface area contributed by atoms with Crippen molar-refractivity contribution in [1.29, 1.82) is 0 Å². The summed E-state index contributed by atoms with van der Waals surface area (Å²) in [4.78, 5) is 32.7. The predicted molar refractivity (Wildman–Crippen MR) is 120 cm³/mol. The molecule has 2 heterocycles. The van der Waals surface area contributed by atoms with Crippen LogP contribution < -0.4 is 0 Å². The average Bonchev–Trinajstić information content (AvgIpc) is 3.09. The summed E-state index contributed by atoms with van der Waals surface area (Å²) >= 11 is 7.95. The van der Waals surface area contributed by atoms with Crippen LogP contribution >= 0.6 is 23.4 Å². The minimum Gasteiger partial charge on any atom is -0.269 e. The quantitative estimate of drug-likeness (QED) is 0.679. The average molecular weight is 442 g/mol. The highest BCUT2D eigenvalue weighted by Crippen LogP contribution is 2.27. The molecule has 1 unspecified atom stereocenters. The van der Waals surface area contributed by atoms with Gasteiger partial charge < -0.3 is 0 Å². The monoisotopic (exact) mass is 441 g/mol. The molecule has 0 aromatic heterocycles. The van der Waals surface area contributed by atoms with Gasteiger partial charge in [0.2, 0.25) is 0 Å². The molecule has 154 valence electrons. The van der Waals surface area contributed by atoms with Gasteiger partial charge in [-0.3, -0.25) is 14.6 Å². The van der Waals surface area contributed by atoms with E-state index in [4.69, 9.17) is 16.6 Å². The summed E-state index contributed by atoms with van der Waals surface area (Å²) < 4.78 is 1.94. The zero-order valence-electron chi connectivity index (χ0n) is 17.0. The highest BCUT2D eigenvalue weighted by atomic mass is 35.5. The van der Waals surface area contributed by atoms with Gasteiger partial charge in [-0.25, -0.2) is 9.37 Å². The van der Waals surface area contributed by atoms with Crippen molar-refractivity contribution in [3.05, 3.63) is 70.2 Å². The molecule has 0 saturated carbocycles. The minimum absolute atomic E-state index is 0.282. The number of hydrogen-bond acceptors (Lipinski definition) is 4. The van der Waals surface area contributed by atoms with E-state index in [1.807, 2.05) is 34.9 Å². The van der Waals surface area contributed by atoms with Crippen molar-refractivity contribution in [3.63, 3.8) is 0 Å². The van der Waals surface area contributed by atoms with Crippen LogP contribution in [0.25, 0.3) is 0 Å². The number of imide groups is 1. The maximum absolute atomic E-state index is 13.0. The SMILES string of the molecule is Cc1cccc(CSC2=[N+](Cc3ccccc3Cl)C3C(=O)N(C)C(=O)N(C)C3=N2)c1. The molecule has 3 amide bonds. The van der Waals surface area contributed by atoms with Crippen LogP contribution in [-0.4, -0.2) is 57.5 Å². The molecule has 30 heavy (non-hydrogen) atoms. The number of urea groups is 1. The van der Waals surface area contributed by atoms with Gasteiger partial charge in [0, 0.05) is 30.4 Å². The van der Waals surface area contributed by atoms with E-state index >= 15 is 0 Å². The molecule has 0 aliphatic carbocycles. The van der Waals surface area contributed by atoms with Crippen LogP contribution in [0.2, 0.25) is 5.02 Å². The van der Waals surface area contributed by atoms with E-state index in [1.165, 1.54) is 23.1 Å². The van der Waals surface area contributed by atoms with Gasteiger partial charge in [0.25, 0.3) is 17.8 Å². The molecule has 2 aromatic rings. The molecule has 4 rings (SSSR count). The van der Waals surface area contributed by atoms with Crippen LogP contribution in [-0.2, 0) is 17.1 Å². The lowest BCUT2D eigenvalue weighted by Gasteiger charge is -2.30. The Labute approximate surface area is 184 Å². The predicted octanol–water partition coefficient (Wildman–Crippen LogP) is 3.75. The van der Waals surface area contributed by atoms with Crippen LogP contribution in [0.1, 0.15) is 16.7 Å². The molecule has 2 aliphatic rings. The number of amides is 3. The van der Waals surface area contributed by atoms with Crippen molar-refractivity contribution in [2.75, 3.05) is 14.1 Å². The third-order valence-electron chi connectivity index (χ3n) is 5.24. The number of aryl methyl sites for hydroxylation is 1. The Balaban J connectivity index is 1.71. The van der Waals surface area contributed by atoms with E-state index in [-0.39, 0.29) is 11.9 Å². The summed E-state index contributed by atoms with van der Waals surface area (Å²) in [7, 11) is 3.16. The first-order valence-electron chi connectivity index (χ1n) is 9.56. The summed E-state index contributed by atoms with van der Waals surface area (Å²) in [6.45, 7) is 2.49. The second-order valence-electron chi connectivity index (χ2n) is 7.39. The highest BCUT2D eigenvalue weighted by molar-refractivity contribution is 8.13. The van der Waals surface area contributed by atoms with Gasteiger partial charge in [0.15, 0.2) is 0 Å². The van der Waals surface area contributed by atoms with Gasteiger partial charge in [0.05, 0.1) is 0 Å². The van der Waals surface area contributed by atoms with E-state index in [0.717, 1.165) is 10.5 Å². The van der Waals surface area contributed by atoms with Crippen molar-refractivity contribution in [1.82, 2.24) is 9.80 Å². The molecule has 0 radical (unpaired) electrons. The number of benzene rings is 2. The number of carbonyl (C=O) groups excluding carboxylic acids is 2. The molecule has 1 fully saturated rings. The van der Waals surface area contributed by atoms with Crippen LogP contribution in [0.3, 0.4) is 0 Å². The Bertz CT molecular complexity index is 1100. The van der Waals surface area contributed by atoms with E-state index in [9.17, 15) is 9.59 Å². The number of carbonyl (C=O) groups is 2. The van der Waals surface area contributed by atoms with Gasteiger partial charge >= 0.3 is 11.2 Å². The Morgan fingerprint density at radius 2 is 1.87 bits per heavy atom. The number of fused-ring (bicyclic) bond motifs is 1. The van der Waals surface area contributed by atoms with Crippen molar-refractivity contribution >= 4 is 46.3 Å². The van der Waals surface area contributed by atoms with Gasteiger partial charge in [-0.05, 0) is 35.3 Å². The molecular weight excluding hydrogens is 420 g/mol. The Hall–Kier alpha value is -2.64. The van der Waals surface area contributed by atoms with Gasteiger partial charge in [-0.2, -0.15) is 0 Å². The summed E-state index contributed by atoms with van der Waals surface area (Å²) in [6.07, 6.45) is 0. The second kappa shape index (κ2) is 8.24. The summed E-state index contributed by atoms with van der Waals surface area (Å²) in [5.74, 6) is 0.887. The number of likely N-dealkylation sites (N-methyl/N-ethyl adjacent to an activating group) is 2. The fraction of sp³-hybridized carbons (Fsp3) is 0.273. The van der Waals surface area contributed by atoms with Crippen LogP contribution in [0.15, 0.2) is 53.5 Å². The lowest BCUT2D eigenvalue weighted by Crippen LogP contribution is -2.61. The third kappa shape index (κ3) is 3.75. The largest absolute Gasteiger partial charge is 0.358 e. The molecule has 1 saturated heterocycles. The third-order valence-corrected chi connectivity index (χ3v) is 6.67. The van der Waals surface area contributed by atoms with Crippen molar-refractivity contribution < 1.29 is 14.2 Å². The number of aliphatic imine (C=N–C) groups is 1. The first-order valence-corrected chi connectivity index (χ1v) is 10.9. The van der Waals surface area contributed by atoms with Crippen LogP contribution in [0, 0.1) is 6.92 Å². The van der Waals surface area contributed by atoms with E-state index in [2.05, 4.69) is 25.1 Å². The summed E-state index contributed by atoms with van der Waals surface area (Å²) in [6, 6.07) is 14.8. The van der Waals surface area contributed by atoms with Gasteiger partial charge in [-0.1, -0.05) is 59.6 Å². The minimum atomic E-state index is -0.644. The molecule has 6 nitrogen and oxygen atoms in total. The lowest BCUT2D eigenvalue weighted by molar-refractivity contribution is -0.548. The number of halogens is 1. The maximum Gasteiger partial charge on any atom is 0.358 e. The number of amidine groups is 2. The number of rotatable bonds is 4. The van der Waals surface area contributed by atoms with Gasteiger partial charge in [0.1, 0.15) is 6.54 Å². The molecule has 0 spiro atoms. The molecule has 2 aliphatic heterocycles. The van der Waals surface area contributed by atoms with E-state index in [1.54, 1.807) is 18.8 Å². The zero-order valence-corrected chi connectivity index (χ0v) is 18.6. The zero-order chi connectivity index (χ0) is 21.4.